The summed E-state index contributed by atoms with van der Waals surface area (Å²) in [5, 5.41) is 3.23. The zero-order chi connectivity index (χ0) is 13.4. The van der Waals surface area contributed by atoms with E-state index in [1.807, 2.05) is 13.0 Å². The number of nitrogens with one attached hydrogen (secondary N) is 2. The first-order valence-corrected chi connectivity index (χ1v) is 8.69. The summed E-state index contributed by atoms with van der Waals surface area (Å²) >= 11 is 1.36. The average Bonchev–Trinajstić information content (AvgIpc) is 2.79. The predicted octanol–water partition coefficient (Wildman–Crippen LogP) is 1.98. The fourth-order valence-electron chi connectivity index (χ4n) is 1.48. The van der Waals surface area contributed by atoms with E-state index < -0.39 is 10.0 Å². The zero-order valence-electron chi connectivity index (χ0n) is 11.0. The van der Waals surface area contributed by atoms with Gasteiger partial charge in [0, 0.05) is 11.4 Å². The maximum Gasteiger partial charge on any atom is 0.250 e. The molecule has 0 atom stereocenters. The van der Waals surface area contributed by atoms with E-state index in [-0.39, 0.29) is 0 Å². The average molecular weight is 290 g/mol. The van der Waals surface area contributed by atoms with Crippen LogP contribution in [-0.4, -0.2) is 28.1 Å². The topological polar surface area (TPSA) is 58.2 Å². The molecule has 0 spiro atoms. The first kappa shape index (κ1) is 15.6. The standard InChI is InChI=1S/C12H22N2O2S2/c1-3-5-9-14-18(15,16)12-7-6-11(17-12)8-10-13-4-2/h6-7,13-14H,3-5,8-10H2,1-2H3. The first-order chi connectivity index (χ1) is 8.60. The van der Waals surface area contributed by atoms with E-state index in [1.165, 1.54) is 11.3 Å². The van der Waals surface area contributed by atoms with Gasteiger partial charge in [-0.15, -0.1) is 11.3 Å². The highest BCUT2D eigenvalue weighted by molar-refractivity contribution is 7.91. The Morgan fingerprint density at radius 2 is 2.00 bits per heavy atom. The van der Waals surface area contributed by atoms with E-state index in [9.17, 15) is 8.42 Å². The van der Waals surface area contributed by atoms with E-state index in [1.54, 1.807) is 6.07 Å². The van der Waals surface area contributed by atoms with E-state index in [0.717, 1.165) is 37.2 Å². The van der Waals surface area contributed by atoms with Crippen molar-refractivity contribution in [3.63, 3.8) is 0 Å². The van der Waals surface area contributed by atoms with Crippen LogP contribution in [0.15, 0.2) is 16.3 Å². The molecule has 2 N–H and O–H groups in total. The van der Waals surface area contributed by atoms with E-state index >= 15 is 0 Å². The SMILES string of the molecule is CCCCNS(=O)(=O)c1ccc(CCNCC)s1. The van der Waals surface area contributed by atoms with Gasteiger partial charge in [0.25, 0.3) is 0 Å². The molecule has 0 aromatic carbocycles. The molecule has 1 aromatic heterocycles. The van der Waals surface area contributed by atoms with Crippen LogP contribution in [0.5, 0.6) is 0 Å². The van der Waals surface area contributed by atoms with Crippen molar-refractivity contribution in [3.8, 4) is 0 Å². The highest BCUT2D eigenvalue weighted by Gasteiger charge is 2.15. The van der Waals surface area contributed by atoms with Crippen LogP contribution < -0.4 is 10.0 Å². The third-order valence-electron chi connectivity index (χ3n) is 2.52. The molecule has 6 heteroatoms. The summed E-state index contributed by atoms with van der Waals surface area (Å²) in [4.78, 5) is 1.10. The van der Waals surface area contributed by atoms with Crippen molar-refractivity contribution in [2.75, 3.05) is 19.6 Å². The quantitative estimate of drug-likeness (QED) is 0.684. The lowest BCUT2D eigenvalue weighted by Crippen LogP contribution is -2.23. The zero-order valence-corrected chi connectivity index (χ0v) is 12.7. The van der Waals surface area contributed by atoms with Crippen LogP contribution in [0.4, 0.5) is 0 Å². The van der Waals surface area contributed by atoms with Crippen molar-refractivity contribution in [1.29, 1.82) is 0 Å². The molecule has 0 aliphatic carbocycles. The Balaban J connectivity index is 2.55. The van der Waals surface area contributed by atoms with Crippen molar-refractivity contribution < 1.29 is 8.42 Å². The smallest absolute Gasteiger partial charge is 0.250 e. The number of rotatable bonds is 9. The summed E-state index contributed by atoms with van der Waals surface area (Å²) in [5.41, 5.74) is 0. The van der Waals surface area contributed by atoms with Crippen molar-refractivity contribution >= 4 is 21.4 Å². The number of likely N-dealkylation sites (N-methyl/N-ethyl adjacent to an activating group) is 1. The van der Waals surface area contributed by atoms with E-state index in [0.29, 0.717) is 10.8 Å². The first-order valence-electron chi connectivity index (χ1n) is 6.39. The summed E-state index contributed by atoms with van der Waals surface area (Å²) in [6, 6.07) is 3.59. The van der Waals surface area contributed by atoms with Gasteiger partial charge in [-0.2, -0.15) is 0 Å². The van der Waals surface area contributed by atoms with Crippen LogP contribution in [-0.2, 0) is 16.4 Å². The molecule has 0 saturated heterocycles. The lowest BCUT2D eigenvalue weighted by atomic mass is 10.3. The molecule has 18 heavy (non-hydrogen) atoms. The van der Waals surface area contributed by atoms with Crippen molar-refractivity contribution in [1.82, 2.24) is 10.0 Å². The molecule has 0 aliphatic rings. The largest absolute Gasteiger partial charge is 0.317 e. The monoisotopic (exact) mass is 290 g/mol. The fourth-order valence-corrected chi connectivity index (χ4v) is 3.95. The van der Waals surface area contributed by atoms with E-state index in [2.05, 4.69) is 17.0 Å². The highest BCUT2D eigenvalue weighted by Crippen LogP contribution is 2.21. The Hall–Kier alpha value is -0.430. The predicted molar refractivity (Wildman–Crippen MR) is 76.7 cm³/mol. The van der Waals surface area contributed by atoms with Gasteiger partial charge in [-0.25, -0.2) is 13.1 Å². The van der Waals surface area contributed by atoms with Crippen LogP contribution in [0.1, 0.15) is 31.6 Å². The third kappa shape index (κ3) is 5.06. The second-order valence-corrected chi connectivity index (χ2v) is 7.24. The minimum atomic E-state index is -3.29. The van der Waals surface area contributed by atoms with Crippen LogP contribution >= 0.6 is 11.3 Å². The van der Waals surface area contributed by atoms with Gasteiger partial charge in [-0.05, 0) is 38.1 Å². The summed E-state index contributed by atoms with van der Waals surface area (Å²) in [5.74, 6) is 0. The van der Waals surface area contributed by atoms with Crippen LogP contribution in [0.25, 0.3) is 0 Å². The van der Waals surface area contributed by atoms with Crippen LogP contribution in [0, 0.1) is 0 Å². The number of hydrogen-bond donors (Lipinski definition) is 2. The van der Waals surface area contributed by atoms with Gasteiger partial charge in [0.1, 0.15) is 4.21 Å². The molecular weight excluding hydrogens is 268 g/mol. The van der Waals surface area contributed by atoms with Gasteiger partial charge in [-0.1, -0.05) is 20.3 Å². The van der Waals surface area contributed by atoms with Gasteiger partial charge in [0.15, 0.2) is 0 Å². The molecule has 0 aliphatic heterocycles. The number of sulfonamides is 1. The Kier molecular flexibility index (Phi) is 6.85. The number of unbranched alkanes of at least 4 members (excludes halogenated alkanes) is 1. The third-order valence-corrected chi connectivity index (χ3v) is 5.62. The summed E-state index contributed by atoms with van der Waals surface area (Å²) < 4.78 is 26.9. The molecule has 0 fully saturated rings. The second kappa shape index (κ2) is 7.89. The number of hydrogen-bond acceptors (Lipinski definition) is 4. The molecule has 0 bridgehead atoms. The molecule has 1 rings (SSSR count). The maximum atomic E-state index is 11.9. The molecule has 0 radical (unpaired) electrons. The molecule has 1 heterocycles. The van der Waals surface area contributed by atoms with Gasteiger partial charge in [0.2, 0.25) is 10.0 Å². The fraction of sp³-hybridized carbons (Fsp3) is 0.667. The Bertz CT molecular complexity index is 441. The molecule has 0 saturated carbocycles. The maximum absolute atomic E-state index is 11.9. The molecule has 1 aromatic rings. The Morgan fingerprint density at radius 1 is 1.22 bits per heavy atom. The molecule has 0 amide bonds. The normalized spacial score (nSPS) is 11.9. The van der Waals surface area contributed by atoms with Gasteiger partial charge in [0.05, 0.1) is 0 Å². The van der Waals surface area contributed by atoms with Gasteiger partial charge < -0.3 is 5.32 Å². The molecule has 104 valence electrons. The van der Waals surface area contributed by atoms with Gasteiger partial charge in [-0.3, -0.25) is 0 Å². The van der Waals surface area contributed by atoms with Crippen molar-refractivity contribution in [2.45, 2.75) is 37.3 Å². The Morgan fingerprint density at radius 3 is 2.67 bits per heavy atom. The van der Waals surface area contributed by atoms with Crippen LogP contribution in [0.3, 0.4) is 0 Å². The van der Waals surface area contributed by atoms with Crippen molar-refractivity contribution in [2.24, 2.45) is 0 Å². The summed E-state index contributed by atoms with van der Waals surface area (Å²) in [6.07, 6.45) is 2.74. The number of thiophene rings is 1. The van der Waals surface area contributed by atoms with Gasteiger partial charge >= 0.3 is 0 Å². The summed E-state index contributed by atoms with van der Waals surface area (Å²) in [7, 11) is -3.29. The van der Waals surface area contributed by atoms with Crippen LogP contribution in [0.2, 0.25) is 0 Å². The minimum absolute atomic E-state index is 0.421. The highest BCUT2D eigenvalue weighted by atomic mass is 32.2. The van der Waals surface area contributed by atoms with E-state index in [4.69, 9.17) is 0 Å². The lowest BCUT2D eigenvalue weighted by Gasteiger charge is -2.03. The van der Waals surface area contributed by atoms with Crippen molar-refractivity contribution in [3.05, 3.63) is 17.0 Å². The second-order valence-electron chi connectivity index (χ2n) is 4.08. The lowest BCUT2D eigenvalue weighted by molar-refractivity contribution is 0.580. The minimum Gasteiger partial charge on any atom is -0.317 e. The summed E-state index contributed by atoms with van der Waals surface area (Å²) in [6.45, 7) is 6.44. The molecule has 4 nitrogen and oxygen atoms in total. The Labute approximate surface area is 114 Å². The molecule has 0 unspecified atom stereocenters. The molecular formula is C12H22N2O2S2.